The van der Waals surface area contributed by atoms with Gasteiger partial charge in [-0.1, -0.05) is 6.92 Å². The Kier molecular flexibility index (Phi) is 4.85. The molecule has 0 aromatic rings. The summed E-state index contributed by atoms with van der Waals surface area (Å²) < 4.78 is 38.7. The van der Waals surface area contributed by atoms with Crippen molar-refractivity contribution in [3.8, 4) is 0 Å². The van der Waals surface area contributed by atoms with Crippen molar-refractivity contribution in [1.29, 1.82) is 0 Å². The van der Waals surface area contributed by atoms with Crippen LogP contribution in [0.5, 0.6) is 0 Å². The molecule has 122 valence electrons. The summed E-state index contributed by atoms with van der Waals surface area (Å²) in [6, 6.07) is -0.315. The molecule has 0 aromatic heterocycles. The first-order valence-electron chi connectivity index (χ1n) is 7.87. The number of nitrogens with zero attached hydrogens (tertiary/aromatic N) is 1. The van der Waals surface area contributed by atoms with Crippen molar-refractivity contribution in [3.63, 3.8) is 0 Å². The van der Waals surface area contributed by atoms with Crippen LogP contribution in [0.2, 0.25) is 0 Å². The predicted molar refractivity (Wildman–Crippen MR) is 74.8 cm³/mol. The molecule has 2 aliphatic rings. The number of rotatable bonds is 5. The summed E-state index contributed by atoms with van der Waals surface area (Å²) in [4.78, 5) is 14.0. The van der Waals surface area contributed by atoms with Crippen LogP contribution < -0.4 is 5.32 Å². The zero-order valence-electron chi connectivity index (χ0n) is 12.8. The van der Waals surface area contributed by atoms with Gasteiger partial charge in [0.1, 0.15) is 6.54 Å². The molecule has 1 saturated carbocycles. The fourth-order valence-corrected chi connectivity index (χ4v) is 3.34. The van der Waals surface area contributed by atoms with Gasteiger partial charge in [-0.15, -0.1) is 0 Å². The molecule has 3 nitrogen and oxygen atoms in total. The SMILES string of the molecule is CCC1(C(=O)N(CC(F)(F)F)C(C)C2CC2)CCCNC1. The highest BCUT2D eigenvalue weighted by Crippen LogP contribution is 2.40. The average Bonchev–Trinajstić information content (AvgIpc) is 3.27. The summed E-state index contributed by atoms with van der Waals surface area (Å²) in [6.07, 6.45) is -0.362. The number of carbonyl (C=O) groups is 1. The number of nitrogens with one attached hydrogen (secondary N) is 1. The van der Waals surface area contributed by atoms with Gasteiger partial charge in [0.05, 0.1) is 5.41 Å². The van der Waals surface area contributed by atoms with Crippen LogP contribution in [-0.4, -0.2) is 42.7 Å². The number of amides is 1. The normalized spacial score (nSPS) is 28.2. The summed E-state index contributed by atoms with van der Waals surface area (Å²) in [5.74, 6) is -0.0734. The van der Waals surface area contributed by atoms with Gasteiger partial charge in [0.15, 0.2) is 0 Å². The molecule has 0 aromatic carbocycles. The molecule has 6 heteroatoms. The Labute approximate surface area is 124 Å². The van der Waals surface area contributed by atoms with Crippen LogP contribution in [0.25, 0.3) is 0 Å². The average molecular weight is 306 g/mol. The monoisotopic (exact) mass is 306 g/mol. The zero-order chi connectivity index (χ0) is 15.7. The van der Waals surface area contributed by atoms with Crippen LogP contribution in [0, 0.1) is 11.3 Å². The van der Waals surface area contributed by atoms with Gasteiger partial charge in [-0.25, -0.2) is 0 Å². The lowest BCUT2D eigenvalue weighted by Gasteiger charge is -2.42. The lowest BCUT2D eigenvalue weighted by atomic mass is 9.76. The van der Waals surface area contributed by atoms with Crippen LogP contribution in [0.1, 0.15) is 46.0 Å². The molecule has 2 rings (SSSR count). The van der Waals surface area contributed by atoms with Gasteiger partial charge in [-0.3, -0.25) is 4.79 Å². The lowest BCUT2D eigenvalue weighted by Crippen LogP contribution is -2.56. The smallest absolute Gasteiger partial charge is 0.330 e. The molecular formula is C15H25F3N2O. The van der Waals surface area contributed by atoms with Gasteiger partial charge in [0.25, 0.3) is 0 Å². The molecule has 0 spiro atoms. The molecule has 1 saturated heterocycles. The van der Waals surface area contributed by atoms with Crippen molar-refractivity contribution in [2.45, 2.75) is 58.2 Å². The second-order valence-corrected chi connectivity index (χ2v) is 6.54. The van der Waals surface area contributed by atoms with Crippen LogP contribution in [0.4, 0.5) is 13.2 Å². The summed E-state index contributed by atoms with van der Waals surface area (Å²) in [6.45, 7) is 3.88. The minimum Gasteiger partial charge on any atom is -0.330 e. The number of halogens is 3. The Bertz CT molecular complexity index is 374. The molecule has 0 radical (unpaired) electrons. The maximum atomic E-state index is 12.9. The highest BCUT2D eigenvalue weighted by Gasteiger charge is 2.47. The maximum absolute atomic E-state index is 12.9. The van der Waals surface area contributed by atoms with Crippen LogP contribution in [0.15, 0.2) is 0 Å². The minimum atomic E-state index is -4.34. The minimum absolute atomic E-state index is 0.238. The van der Waals surface area contributed by atoms with Gasteiger partial charge in [-0.2, -0.15) is 13.2 Å². The summed E-state index contributed by atoms with van der Waals surface area (Å²) >= 11 is 0. The standard InChI is InChI=1S/C15H25F3N2O/c1-3-14(7-4-8-19-9-14)13(21)20(10-15(16,17)18)11(2)12-5-6-12/h11-12,19H,3-10H2,1-2H3. The Morgan fingerprint density at radius 2 is 2.10 bits per heavy atom. The first-order valence-corrected chi connectivity index (χ1v) is 7.87. The number of carbonyl (C=O) groups excluding carboxylic acids is 1. The Hall–Kier alpha value is -0.780. The van der Waals surface area contributed by atoms with Crippen molar-refractivity contribution < 1.29 is 18.0 Å². The molecule has 1 aliphatic carbocycles. The van der Waals surface area contributed by atoms with E-state index in [-0.39, 0.29) is 17.9 Å². The predicted octanol–water partition coefficient (Wildman–Crippen LogP) is 2.96. The van der Waals surface area contributed by atoms with Crippen molar-refractivity contribution in [2.24, 2.45) is 11.3 Å². The fraction of sp³-hybridized carbons (Fsp3) is 0.933. The van der Waals surface area contributed by atoms with E-state index in [1.54, 1.807) is 6.92 Å². The van der Waals surface area contributed by atoms with Crippen LogP contribution >= 0.6 is 0 Å². The summed E-state index contributed by atoms with van der Waals surface area (Å²) in [5, 5.41) is 3.18. The Morgan fingerprint density at radius 1 is 1.43 bits per heavy atom. The molecule has 0 bridgehead atoms. The largest absolute Gasteiger partial charge is 0.406 e. The maximum Gasteiger partial charge on any atom is 0.406 e. The molecule has 2 fully saturated rings. The first-order chi connectivity index (χ1) is 9.79. The molecule has 21 heavy (non-hydrogen) atoms. The van der Waals surface area contributed by atoms with E-state index in [4.69, 9.17) is 0 Å². The van der Waals surface area contributed by atoms with E-state index in [2.05, 4.69) is 5.32 Å². The Balaban J connectivity index is 2.19. The Morgan fingerprint density at radius 3 is 2.52 bits per heavy atom. The van der Waals surface area contributed by atoms with Crippen LogP contribution in [0.3, 0.4) is 0 Å². The molecule has 1 heterocycles. The second-order valence-electron chi connectivity index (χ2n) is 6.54. The molecule has 1 N–H and O–H groups in total. The number of piperidine rings is 1. The zero-order valence-corrected chi connectivity index (χ0v) is 12.8. The van der Waals surface area contributed by atoms with Gasteiger partial charge in [0.2, 0.25) is 5.91 Å². The highest BCUT2D eigenvalue weighted by atomic mass is 19.4. The van der Waals surface area contributed by atoms with E-state index in [1.165, 1.54) is 0 Å². The van der Waals surface area contributed by atoms with Crippen molar-refractivity contribution >= 4 is 5.91 Å². The highest BCUT2D eigenvalue weighted by molar-refractivity contribution is 5.83. The molecule has 1 aliphatic heterocycles. The van der Waals surface area contributed by atoms with E-state index >= 15 is 0 Å². The molecule has 2 unspecified atom stereocenters. The summed E-state index contributed by atoms with van der Waals surface area (Å²) in [7, 11) is 0. The first kappa shape index (κ1) is 16.6. The van der Waals surface area contributed by atoms with Crippen molar-refractivity contribution in [2.75, 3.05) is 19.6 Å². The van der Waals surface area contributed by atoms with E-state index in [9.17, 15) is 18.0 Å². The molecule has 2 atom stereocenters. The third kappa shape index (κ3) is 3.90. The number of alkyl halides is 3. The third-order valence-electron chi connectivity index (χ3n) is 5.01. The molecule has 1 amide bonds. The number of hydrogen-bond acceptors (Lipinski definition) is 2. The van der Waals surface area contributed by atoms with Crippen molar-refractivity contribution in [1.82, 2.24) is 10.2 Å². The topological polar surface area (TPSA) is 32.3 Å². The fourth-order valence-electron chi connectivity index (χ4n) is 3.34. The van der Waals surface area contributed by atoms with E-state index in [0.717, 1.165) is 30.7 Å². The second kappa shape index (κ2) is 6.15. The van der Waals surface area contributed by atoms with Crippen molar-refractivity contribution in [3.05, 3.63) is 0 Å². The van der Waals surface area contributed by atoms with Gasteiger partial charge in [0, 0.05) is 12.6 Å². The lowest BCUT2D eigenvalue weighted by molar-refractivity contribution is -0.173. The van der Waals surface area contributed by atoms with Gasteiger partial charge in [-0.05, 0) is 51.5 Å². The van der Waals surface area contributed by atoms with E-state index in [1.807, 2.05) is 6.92 Å². The van der Waals surface area contributed by atoms with Gasteiger partial charge < -0.3 is 10.2 Å². The third-order valence-corrected chi connectivity index (χ3v) is 5.01. The molecular weight excluding hydrogens is 281 g/mol. The summed E-state index contributed by atoms with van der Waals surface area (Å²) in [5.41, 5.74) is -0.660. The van der Waals surface area contributed by atoms with E-state index in [0.29, 0.717) is 19.4 Å². The van der Waals surface area contributed by atoms with E-state index < -0.39 is 18.1 Å². The van der Waals surface area contributed by atoms with Gasteiger partial charge >= 0.3 is 6.18 Å². The number of hydrogen-bond donors (Lipinski definition) is 1. The van der Waals surface area contributed by atoms with Crippen LogP contribution in [-0.2, 0) is 4.79 Å². The quantitative estimate of drug-likeness (QED) is 0.847.